The van der Waals surface area contributed by atoms with Crippen LogP contribution < -0.4 is 0 Å². The van der Waals surface area contributed by atoms with Crippen LogP contribution in [-0.2, 0) is 13.6 Å². The summed E-state index contributed by atoms with van der Waals surface area (Å²) in [5.74, 6) is 1.91. The maximum Gasteiger partial charge on any atom is 0.177 e. The second kappa shape index (κ2) is 5.81. The minimum atomic E-state index is 0.614. The van der Waals surface area contributed by atoms with Gasteiger partial charge in [0.15, 0.2) is 11.6 Å². The largest absolute Gasteiger partial charge is 0.327 e. The van der Waals surface area contributed by atoms with Crippen LogP contribution in [-0.4, -0.2) is 43.1 Å². The van der Waals surface area contributed by atoms with Crippen LogP contribution in [0, 0.1) is 0 Å². The number of hydrogen-bond donors (Lipinski definition) is 0. The van der Waals surface area contributed by atoms with Crippen molar-refractivity contribution in [3.63, 3.8) is 0 Å². The van der Waals surface area contributed by atoms with Crippen molar-refractivity contribution in [2.75, 3.05) is 13.1 Å². The van der Waals surface area contributed by atoms with Crippen molar-refractivity contribution in [3.05, 3.63) is 36.7 Å². The molecule has 120 valence electrons. The highest BCUT2D eigenvalue weighted by Gasteiger charge is 2.24. The second-order valence-corrected chi connectivity index (χ2v) is 6.31. The van der Waals surface area contributed by atoms with E-state index in [0.29, 0.717) is 6.04 Å². The van der Waals surface area contributed by atoms with Gasteiger partial charge in [-0.25, -0.2) is 9.97 Å². The predicted octanol–water partition coefficient (Wildman–Crippen LogP) is 2.92. The lowest BCUT2D eigenvalue weighted by atomic mass is 10.2. The summed E-state index contributed by atoms with van der Waals surface area (Å²) in [6.45, 7) is 5.59. The van der Waals surface area contributed by atoms with Crippen molar-refractivity contribution >= 4 is 11.0 Å². The van der Waals surface area contributed by atoms with E-state index in [1.54, 1.807) is 0 Å². The van der Waals surface area contributed by atoms with Crippen LogP contribution in [0.5, 0.6) is 0 Å². The fourth-order valence-corrected chi connectivity index (χ4v) is 3.75. The Balaban J connectivity index is 1.70. The standard InChI is InChI=1S/C18H23N5/c1-3-22-11-6-7-14(22)13-23-12-10-19-17(23)18-20-15-8-4-5-9-16(15)21(18)2/h4-5,8-10,12,14H,3,6-7,11,13H2,1-2H3/t14-/m0/s1. The lowest BCUT2D eigenvalue weighted by molar-refractivity contribution is 0.245. The molecule has 0 radical (unpaired) electrons. The summed E-state index contributed by atoms with van der Waals surface area (Å²) in [6, 6.07) is 8.86. The summed E-state index contributed by atoms with van der Waals surface area (Å²) in [4.78, 5) is 12.0. The van der Waals surface area contributed by atoms with Gasteiger partial charge in [0.2, 0.25) is 0 Å². The van der Waals surface area contributed by atoms with Crippen LogP contribution in [0.15, 0.2) is 36.7 Å². The molecular weight excluding hydrogens is 286 g/mol. The average molecular weight is 309 g/mol. The molecule has 0 saturated carbocycles. The molecule has 5 heteroatoms. The van der Waals surface area contributed by atoms with Crippen molar-refractivity contribution in [1.29, 1.82) is 0 Å². The number of aromatic nitrogens is 4. The van der Waals surface area contributed by atoms with E-state index in [-0.39, 0.29) is 0 Å². The molecule has 1 aliphatic heterocycles. The van der Waals surface area contributed by atoms with E-state index in [0.717, 1.165) is 35.8 Å². The van der Waals surface area contributed by atoms with Crippen molar-refractivity contribution in [1.82, 2.24) is 24.0 Å². The minimum absolute atomic E-state index is 0.614. The fraction of sp³-hybridized carbons (Fsp3) is 0.444. The van der Waals surface area contributed by atoms with Crippen molar-refractivity contribution < 1.29 is 0 Å². The normalized spacial score (nSPS) is 19.0. The zero-order valence-corrected chi connectivity index (χ0v) is 13.8. The summed E-state index contributed by atoms with van der Waals surface area (Å²) in [7, 11) is 2.07. The number of likely N-dealkylation sites (tertiary alicyclic amines) is 1. The van der Waals surface area contributed by atoms with Gasteiger partial charge in [0.05, 0.1) is 11.0 Å². The van der Waals surface area contributed by atoms with Gasteiger partial charge < -0.3 is 9.13 Å². The number of benzene rings is 1. The molecule has 0 spiro atoms. The highest BCUT2D eigenvalue weighted by Crippen LogP contribution is 2.24. The van der Waals surface area contributed by atoms with E-state index in [9.17, 15) is 0 Å². The van der Waals surface area contributed by atoms with Crippen molar-refractivity contribution in [3.8, 4) is 11.6 Å². The van der Waals surface area contributed by atoms with Gasteiger partial charge in [-0.2, -0.15) is 0 Å². The smallest absolute Gasteiger partial charge is 0.177 e. The zero-order valence-electron chi connectivity index (χ0n) is 13.8. The van der Waals surface area contributed by atoms with E-state index in [1.807, 2.05) is 12.3 Å². The SMILES string of the molecule is CCN1CCC[C@H]1Cn1ccnc1-c1nc2ccccc2n1C. The summed E-state index contributed by atoms with van der Waals surface area (Å²) in [6.07, 6.45) is 6.55. The number of nitrogens with zero attached hydrogens (tertiary/aromatic N) is 5. The molecule has 4 rings (SSSR count). The lowest BCUT2D eigenvalue weighted by Gasteiger charge is -2.23. The molecule has 1 fully saturated rings. The Bertz CT molecular complexity index is 816. The van der Waals surface area contributed by atoms with Gasteiger partial charge >= 0.3 is 0 Å². The number of rotatable bonds is 4. The Morgan fingerprint density at radius 1 is 1.22 bits per heavy atom. The average Bonchev–Trinajstić information content (AvgIpc) is 3.28. The number of imidazole rings is 2. The molecule has 5 nitrogen and oxygen atoms in total. The third-order valence-corrected chi connectivity index (χ3v) is 5.02. The van der Waals surface area contributed by atoms with Crippen LogP contribution in [0.1, 0.15) is 19.8 Å². The quantitative estimate of drug-likeness (QED) is 0.744. The Hall–Kier alpha value is -2.14. The van der Waals surface area contributed by atoms with Crippen molar-refractivity contribution in [2.24, 2.45) is 7.05 Å². The van der Waals surface area contributed by atoms with Gasteiger partial charge in [-0.1, -0.05) is 19.1 Å². The Morgan fingerprint density at radius 2 is 2.09 bits per heavy atom. The zero-order chi connectivity index (χ0) is 15.8. The highest BCUT2D eigenvalue weighted by atomic mass is 15.2. The first-order valence-electron chi connectivity index (χ1n) is 8.45. The lowest BCUT2D eigenvalue weighted by Crippen LogP contribution is -2.32. The number of aryl methyl sites for hydroxylation is 1. The molecule has 0 aliphatic carbocycles. The van der Waals surface area contributed by atoms with Crippen LogP contribution in [0.25, 0.3) is 22.7 Å². The Labute approximate surface area is 136 Å². The summed E-state index contributed by atoms with van der Waals surface area (Å²) in [5, 5.41) is 0. The number of hydrogen-bond acceptors (Lipinski definition) is 3. The summed E-state index contributed by atoms with van der Waals surface area (Å²) >= 11 is 0. The molecule has 0 unspecified atom stereocenters. The molecule has 0 N–H and O–H groups in total. The first kappa shape index (κ1) is 14.5. The van der Waals surface area contributed by atoms with Crippen LogP contribution >= 0.6 is 0 Å². The van der Waals surface area contributed by atoms with Crippen LogP contribution in [0.4, 0.5) is 0 Å². The van der Waals surface area contributed by atoms with E-state index in [1.165, 1.54) is 19.4 Å². The number of likely N-dealkylation sites (N-methyl/N-ethyl adjacent to an activating group) is 1. The number of para-hydroxylation sites is 2. The summed E-state index contributed by atoms with van der Waals surface area (Å²) in [5.41, 5.74) is 2.17. The van der Waals surface area contributed by atoms with E-state index in [4.69, 9.17) is 4.98 Å². The third kappa shape index (κ3) is 2.45. The molecule has 1 atom stereocenters. The topological polar surface area (TPSA) is 38.9 Å². The van der Waals surface area contributed by atoms with Gasteiger partial charge in [-0.05, 0) is 38.1 Å². The molecule has 3 aromatic rings. The highest BCUT2D eigenvalue weighted by molar-refractivity contribution is 5.79. The Morgan fingerprint density at radius 3 is 2.91 bits per heavy atom. The molecule has 3 heterocycles. The molecule has 1 saturated heterocycles. The molecule has 23 heavy (non-hydrogen) atoms. The van der Waals surface area contributed by atoms with Crippen molar-refractivity contribution in [2.45, 2.75) is 32.4 Å². The maximum atomic E-state index is 4.80. The molecule has 1 aromatic carbocycles. The third-order valence-electron chi connectivity index (χ3n) is 5.02. The van der Waals surface area contributed by atoms with E-state index < -0.39 is 0 Å². The van der Waals surface area contributed by atoms with Gasteiger partial charge in [-0.3, -0.25) is 4.90 Å². The van der Waals surface area contributed by atoms with Gasteiger partial charge in [-0.15, -0.1) is 0 Å². The predicted molar refractivity (Wildman–Crippen MR) is 92.2 cm³/mol. The fourth-order valence-electron chi connectivity index (χ4n) is 3.75. The first-order valence-corrected chi connectivity index (χ1v) is 8.45. The van der Waals surface area contributed by atoms with Gasteiger partial charge in [0, 0.05) is 32.0 Å². The molecular formula is C18H23N5. The van der Waals surface area contributed by atoms with E-state index >= 15 is 0 Å². The van der Waals surface area contributed by atoms with Gasteiger partial charge in [0.25, 0.3) is 0 Å². The van der Waals surface area contributed by atoms with E-state index in [2.05, 4.69) is 57.4 Å². The number of fused-ring (bicyclic) bond motifs is 1. The first-order chi connectivity index (χ1) is 11.3. The molecule has 1 aliphatic rings. The second-order valence-electron chi connectivity index (χ2n) is 6.31. The summed E-state index contributed by atoms with van der Waals surface area (Å²) < 4.78 is 4.40. The molecule has 2 aromatic heterocycles. The molecule has 0 bridgehead atoms. The van der Waals surface area contributed by atoms with Crippen LogP contribution in [0.3, 0.4) is 0 Å². The molecule has 0 amide bonds. The maximum absolute atomic E-state index is 4.80. The monoisotopic (exact) mass is 309 g/mol. The minimum Gasteiger partial charge on any atom is -0.327 e. The van der Waals surface area contributed by atoms with Crippen LogP contribution in [0.2, 0.25) is 0 Å². The van der Waals surface area contributed by atoms with Gasteiger partial charge in [0.1, 0.15) is 0 Å². The Kier molecular flexibility index (Phi) is 3.65.